The van der Waals surface area contributed by atoms with Crippen LogP contribution in [-0.2, 0) is 19.1 Å². The normalized spacial score (nSPS) is 27.0. The van der Waals surface area contributed by atoms with Gasteiger partial charge in [0.15, 0.2) is 5.60 Å². The zero-order valence-electron chi connectivity index (χ0n) is 13.8. The first-order valence-corrected chi connectivity index (χ1v) is 7.86. The molecular formula is C15H27N3O4. The lowest BCUT2D eigenvalue weighted by Gasteiger charge is -2.43. The van der Waals surface area contributed by atoms with Gasteiger partial charge in [0.05, 0.1) is 19.8 Å². The van der Waals surface area contributed by atoms with Crippen LogP contribution in [0.2, 0.25) is 0 Å². The quantitative estimate of drug-likeness (QED) is 0.694. The predicted molar refractivity (Wildman–Crippen MR) is 81.5 cm³/mol. The van der Waals surface area contributed by atoms with Gasteiger partial charge in [-0.25, -0.2) is 0 Å². The molecule has 1 atom stereocenters. The molecule has 2 aliphatic heterocycles. The van der Waals surface area contributed by atoms with Crippen molar-refractivity contribution >= 4 is 11.8 Å². The molecule has 126 valence electrons. The first kappa shape index (κ1) is 17.2. The van der Waals surface area contributed by atoms with Crippen molar-refractivity contribution in [1.82, 2.24) is 14.7 Å². The Kier molecular flexibility index (Phi) is 5.77. The van der Waals surface area contributed by atoms with Crippen LogP contribution in [0.4, 0.5) is 0 Å². The number of ether oxygens (including phenoxy) is 2. The molecule has 0 unspecified atom stereocenters. The second-order valence-electron chi connectivity index (χ2n) is 6.15. The number of methoxy groups -OCH3 is 1. The van der Waals surface area contributed by atoms with E-state index in [1.54, 1.807) is 18.9 Å². The fourth-order valence-electron chi connectivity index (χ4n) is 3.00. The summed E-state index contributed by atoms with van der Waals surface area (Å²) < 4.78 is 10.8. The molecule has 0 spiro atoms. The number of morpholine rings is 1. The van der Waals surface area contributed by atoms with Crippen molar-refractivity contribution in [3.05, 3.63) is 0 Å². The van der Waals surface area contributed by atoms with Crippen LogP contribution in [-0.4, -0.2) is 98.3 Å². The summed E-state index contributed by atoms with van der Waals surface area (Å²) >= 11 is 0. The van der Waals surface area contributed by atoms with E-state index >= 15 is 0 Å². The lowest BCUT2D eigenvalue weighted by molar-refractivity contribution is -0.172. The number of hydrogen-bond donors (Lipinski definition) is 0. The van der Waals surface area contributed by atoms with Gasteiger partial charge in [-0.3, -0.25) is 14.5 Å². The minimum Gasteiger partial charge on any atom is -0.383 e. The Morgan fingerprint density at radius 1 is 1.14 bits per heavy atom. The third-order valence-electron chi connectivity index (χ3n) is 4.44. The lowest BCUT2D eigenvalue weighted by atomic mass is 10.0. The standard InChI is InChI=1S/C15H27N3O4/c1-13(19)18-9-11-22-15(2,12-18)14(20)17-6-4-16(5-7-17)8-10-21-3/h4-12H2,1-3H3/t15-/m1/s1. The monoisotopic (exact) mass is 313 g/mol. The molecule has 2 rings (SSSR count). The molecule has 2 amide bonds. The highest BCUT2D eigenvalue weighted by molar-refractivity contribution is 5.86. The van der Waals surface area contributed by atoms with Crippen molar-refractivity contribution in [2.45, 2.75) is 19.4 Å². The molecule has 0 aromatic heterocycles. The number of carbonyl (C=O) groups excluding carboxylic acids is 2. The van der Waals surface area contributed by atoms with Gasteiger partial charge in [-0.1, -0.05) is 0 Å². The first-order chi connectivity index (χ1) is 10.5. The molecular weight excluding hydrogens is 286 g/mol. The molecule has 22 heavy (non-hydrogen) atoms. The predicted octanol–water partition coefficient (Wildman–Crippen LogP) is -0.586. The van der Waals surface area contributed by atoms with Gasteiger partial charge < -0.3 is 19.3 Å². The average Bonchev–Trinajstić information content (AvgIpc) is 2.52. The number of hydrogen-bond acceptors (Lipinski definition) is 5. The molecule has 0 aromatic rings. The van der Waals surface area contributed by atoms with Crippen molar-refractivity contribution in [3.63, 3.8) is 0 Å². The maximum atomic E-state index is 12.8. The minimum absolute atomic E-state index is 0.00768. The fraction of sp³-hybridized carbons (Fsp3) is 0.867. The number of amides is 2. The summed E-state index contributed by atoms with van der Waals surface area (Å²) in [6.45, 7) is 9.33. The second-order valence-corrected chi connectivity index (χ2v) is 6.15. The molecule has 0 N–H and O–H groups in total. The van der Waals surface area contributed by atoms with Crippen LogP contribution in [0.15, 0.2) is 0 Å². The van der Waals surface area contributed by atoms with E-state index in [1.165, 1.54) is 6.92 Å². The van der Waals surface area contributed by atoms with Gasteiger partial charge in [0.1, 0.15) is 0 Å². The topological polar surface area (TPSA) is 62.3 Å². The van der Waals surface area contributed by atoms with Crippen molar-refractivity contribution in [1.29, 1.82) is 0 Å². The van der Waals surface area contributed by atoms with E-state index in [-0.39, 0.29) is 11.8 Å². The number of rotatable bonds is 4. The molecule has 2 fully saturated rings. The van der Waals surface area contributed by atoms with Gasteiger partial charge in [-0.15, -0.1) is 0 Å². The average molecular weight is 313 g/mol. The van der Waals surface area contributed by atoms with Crippen molar-refractivity contribution < 1.29 is 19.1 Å². The van der Waals surface area contributed by atoms with Crippen LogP contribution in [0, 0.1) is 0 Å². The molecule has 2 aliphatic rings. The SMILES string of the molecule is COCCN1CCN(C(=O)[C@@]2(C)CN(C(C)=O)CCO2)CC1. The highest BCUT2D eigenvalue weighted by Gasteiger charge is 2.43. The van der Waals surface area contributed by atoms with Gasteiger partial charge >= 0.3 is 0 Å². The molecule has 0 saturated carbocycles. The molecule has 0 bridgehead atoms. The zero-order chi connectivity index (χ0) is 16.2. The van der Waals surface area contributed by atoms with Gasteiger partial charge in [0.25, 0.3) is 5.91 Å². The van der Waals surface area contributed by atoms with Crippen molar-refractivity contribution in [2.24, 2.45) is 0 Å². The van der Waals surface area contributed by atoms with Crippen molar-refractivity contribution in [3.8, 4) is 0 Å². The van der Waals surface area contributed by atoms with Crippen LogP contribution >= 0.6 is 0 Å². The highest BCUT2D eigenvalue weighted by Crippen LogP contribution is 2.21. The first-order valence-electron chi connectivity index (χ1n) is 7.86. The largest absolute Gasteiger partial charge is 0.383 e. The van der Waals surface area contributed by atoms with E-state index in [4.69, 9.17) is 9.47 Å². The Morgan fingerprint density at radius 2 is 1.82 bits per heavy atom. The van der Waals surface area contributed by atoms with Crippen LogP contribution in [0.1, 0.15) is 13.8 Å². The Balaban J connectivity index is 1.90. The third kappa shape index (κ3) is 3.97. The van der Waals surface area contributed by atoms with Crippen LogP contribution < -0.4 is 0 Å². The van der Waals surface area contributed by atoms with E-state index < -0.39 is 5.60 Å². The van der Waals surface area contributed by atoms with Crippen molar-refractivity contribution in [2.75, 3.05) is 66.1 Å². The van der Waals surface area contributed by atoms with Gasteiger partial charge in [0.2, 0.25) is 5.91 Å². The van der Waals surface area contributed by atoms with E-state index in [1.807, 2.05) is 4.90 Å². The highest BCUT2D eigenvalue weighted by atomic mass is 16.5. The Morgan fingerprint density at radius 3 is 2.41 bits per heavy atom. The summed E-state index contributed by atoms with van der Waals surface area (Å²) in [5.41, 5.74) is -0.918. The Labute approximate surface area is 132 Å². The number of carbonyl (C=O) groups is 2. The lowest BCUT2D eigenvalue weighted by Crippen LogP contribution is -2.62. The molecule has 2 saturated heterocycles. The van der Waals surface area contributed by atoms with Gasteiger partial charge in [-0.2, -0.15) is 0 Å². The van der Waals surface area contributed by atoms with Gasteiger partial charge in [-0.05, 0) is 6.92 Å². The maximum absolute atomic E-state index is 12.8. The molecule has 0 radical (unpaired) electrons. The van der Waals surface area contributed by atoms with Crippen LogP contribution in [0.25, 0.3) is 0 Å². The maximum Gasteiger partial charge on any atom is 0.256 e. The molecule has 2 heterocycles. The summed E-state index contributed by atoms with van der Waals surface area (Å²) in [7, 11) is 1.70. The molecule has 7 nitrogen and oxygen atoms in total. The van der Waals surface area contributed by atoms with Crippen LogP contribution in [0.3, 0.4) is 0 Å². The Bertz CT molecular complexity index is 410. The van der Waals surface area contributed by atoms with Gasteiger partial charge in [0, 0.05) is 53.3 Å². The molecule has 0 aromatic carbocycles. The van der Waals surface area contributed by atoms with Crippen LogP contribution in [0.5, 0.6) is 0 Å². The smallest absolute Gasteiger partial charge is 0.256 e. The third-order valence-corrected chi connectivity index (χ3v) is 4.44. The number of piperazine rings is 1. The number of nitrogens with zero attached hydrogens (tertiary/aromatic N) is 3. The summed E-state index contributed by atoms with van der Waals surface area (Å²) in [4.78, 5) is 30.2. The van der Waals surface area contributed by atoms with E-state index in [9.17, 15) is 9.59 Å². The summed E-state index contributed by atoms with van der Waals surface area (Å²) in [5, 5.41) is 0. The minimum atomic E-state index is -0.918. The van der Waals surface area contributed by atoms with E-state index in [0.717, 1.165) is 19.6 Å². The summed E-state index contributed by atoms with van der Waals surface area (Å²) in [6.07, 6.45) is 0. The summed E-state index contributed by atoms with van der Waals surface area (Å²) in [6, 6.07) is 0. The Hall–Kier alpha value is -1.18. The van der Waals surface area contributed by atoms with E-state index in [2.05, 4.69) is 4.90 Å². The fourth-order valence-corrected chi connectivity index (χ4v) is 3.00. The second kappa shape index (κ2) is 7.39. The summed E-state index contributed by atoms with van der Waals surface area (Å²) in [5.74, 6) is -0.0171. The van der Waals surface area contributed by atoms with E-state index in [0.29, 0.717) is 39.4 Å². The molecule has 7 heteroatoms. The zero-order valence-corrected chi connectivity index (χ0v) is 13.8. The molecule has 0 aliphatic carbocycles.